The number of benzene rings is 2. The largest absolute Gasteiger partial charge is 0.485 e. The maximum absolute atomic E-state index is 12.4. The summed E-state index contributed by atoms with van der Waals surface area (Å²) in [6, 6.07) is 8.98. The number of thioether (sulfide) groups is 1. The number of hydrogen-bond acceptors (Lipinski definition) is 5. The number of amides is 1. The molecule has 3 aromatic rings. The van der Waals surface area contributed by atoms with E-state index in [1.807, 2.05) is 36.6 Å². The van der Waals surface area contributed by atoms with E-state index >= 15 is 0 Å². The first-order valence-corrected chi connectivity index (χ1v) is 11.7. The van der Waals surface area contributed by atoms with Crippen molar-refractivity contribution in [1.82, 2.24) is 14.8 Å². The summed E-state index contributed by atoms with van der Waals surface area (Å²) in [4.78, 5) is 12.4. The van der Waals surface area contributed by atoms with Crippen molar-refractivity contribution >= 4 is 58.2 Å². The molecule has 1 N–H and O–H groups in total. The van der Waals surface area contributed by atoms with Crippen molar-refractivity contribution in [3.63, 3.8) is 0 Å². The maximum atomic E-state index is 12.4. The third-order valence-electron chi connectivity index (χ3n) is 4.48. The van der Waals surface area contributed by atoms with E-state index in [-0.39, 0.29) is 18.3 Å². The zero-order valence-electron chi connectivity index (χ0n) is 17.5. The number of aromatic nitrogens is 3. The number of allylic oxidation sites excluding steroid dienone is 1. The van der Waals surface area contributed by atoms with E-state index in [1.54, 1.807) is 6.08 Å². The third kappa shape index (κ3) is 5.98. The van der Waals surface area contributed by atoms with Crippen molar-refractivity contribution in [1.29, 1.82) is 0 Å². The fourth-order valence-corrected chi connectivity index (χ4v) is 4.30. The molecule has 3 rings (SSSR count). The van der Waals surface area contributed by atoms with Crippen LogP contribution in [0.3, 0.4) is 0 Å². The quantitative estimate of drug-likeness (QED) is 0.206. The van der Waals surface area contributed by atoms with Crippen molar-refractivity contribution in [2.75, 3.05) is 11.1 Å². The second-order valence-electron chi connectivity index (χ2n) is 6.89. The lowest BCUT2D eigenvalue weighted by atomic mass is 10.1. The summed E-state index contributed by atoms with van der Waals surface area (Å²) in [5.41, 5.74) is 2.49. The highest BCUT2D eigenvalue weighted by molar-refractivity contribution is 7.99. The van der Waals surface area contributed by atoms with Gasteiger partial charge in [0, 0.05) is 6.54 Å². The number of nitrogens with zero attached hydrogens (tertiary/aromatic N) is 3. The van der Waals surface area contributed by atoms with Gasteiger partial charge in [-0.25, -0.2) is 0 Å². The number of hydrogen-bond donors (Lipinski definition) is 1. The van der Waals surface area contributed by atoms with E-state index in [9.17, 15) is 4.79 Å². The number of carbonyl (C=O) groups is 1. The number of para-hydroxylation sites is 1. The van der Waals surface area contributed by atoms with Crippen molar-refractivity contribution in [3.8, 4) is 5.75 Å². The van der Waals surface area contributed by atoms with Crippen LogP contribution in [0.25, 0.3) is 0 Å². The SMILES string of the molecule is C=CCn1c(COc2c(C)cccc2C)nnc1SCC(=O)Nc1cc(Cl)c(Cl)cc1Cl. The third-order valence-corrected chi connectivity index (χ3v) is 6.48. The molecule has 0 atom stereocenters. The highest BCUT2D eigenvalue weighted by atomic mass is 35.5. The van der Waals surface area contributed by atoms with Gasteiger partial charge in [0.1, 0.15) is 12.4 Å². The zero-order valence-corrected chi connectivity index (χ0v) is 20.6. The Hall–Kier alpha value is -2.19. The Bertz CT molecular complexity index is 1130. The van der Waals surface area contributed by atoms with Gasteiger partial charge in [0.2, 0.25) is 5.91 Å². The minimum Gasteiger partial charge on any atom is -0.485 e. The Kier molecular flexibility index (Phi) is 8.48. The Morgan fingerprint density at radius 2 is 1.84 bits per heavy atom. The van der Waals surface area contributed by atoms with Gasteiger partial charge in [0.05, 0.1) is 26.5 Å². The van der Waals surface area contributed by atoms with Crippen molar-refractivity contribution < 1.29 is 9.53 Å². The smallest absolute Gasteiger partial charge is 0.234 e. The minimum absolute atomic E-state index is 0.101. The Balaban J connectivity index is 1.67. The molecule has 0 aliphatic heterocycles. The van der Waals surface area contributed by atoms with Gasteiger partial charge in [-0.3, -0.25) is 9.36 Å². The minimum atomic E-state index is -0.267. The highest BCUT2D eigenvalue weighted by Gasteiger charge is 2.16. The van der Waals surface area contributed by atoms with Crippen molar-refractivity contribution in [3.05, 3.63) is 75.0 Å². The molecule has 0 saturated carbocycles. The van der Waals surface area contributed by atoms with Gasteiger partial charge < -0.3 is 10.1 Å². The molecule has 168 valence electrons. The molecule has 0 unspecified atom stereocenters. The normalized spacial score (nSPS) is 10.8. The lowest BCUT2D eigenvalue weighted by molar-refractivity contribution is -0.113. The second-order valence-corrected chi connectivity index (χ2v) is 9.05. The zero-order chi connectivity index (χ0) is 23.3. The summed E-state index contributed by atoms with van der Waals surface area (Å²) in [5.74, 6) is 1.30. The van der Waals surface area contributed by atoms with Gasteiger partial charge in [0.15, 0.2) is 11.0 Å². The lowest BCUT2D eigenvalue weighted by Crippen LogP contribution is -2.15. The summed E-state index contributed by atoms with van der Waals surface area (Å²) in [6.45, 7) is 8.53. The molecule has 1 aromatic heterocycles. The number of halogens is 3. The average Bonchev–Trinajstić information content (AvgIpc) is 3.12. The Labute approximate surface area is 205 Å². The maximum Gasteiger partial charge on any atom is 0.234 e. The van der Waals surface area contributed by atoms with Crippen molar-refractivity contribution in [2.45, 2.75) is 32.2 Å². The van der Waals surface area contributed by atoms with Crippen LogP contribution in [0, 0.1) is 13.8 Å². The molecular weight excluding hydrogens is 491 g/mol. The summed E-state index contributed by atoms with van der Waals surface area (Å²) >= 11 is 19.3. The monoisotopic (exact) mass is 510 g/mol. The van der Waals surface area contributed by atoms with Crippen LogP contribution < -0.4 is 10.1 Å². The topological polar surface area (TPSA) is 69.0 Å². The summed E-state index contributed by atoms with van der Waals surface area (Å²) < 4.78 is 7.87. The summed E-state index contributed by atoms with van der Waals surface area (Å²) in [7, 11) is 0. The van der Waals surface area contributed by atoms with Gasteiger partial charge in [-0.1, -0.05) is 70.8 Å². The predicted molar refractivity (Wildman–Crippen MR) is 131 cm³/mol. The number of nitrogens with one attached hydrogen (secondary N) is 1. The number of anilines is 1. The molecule has 0 aliphatic carbocycles. The van der Waals surface area contributed by atoms with E-state index in [4.69, 9.17) is 39.5 Å². The first kappa shape index (κ1) is 24.5. The Morgan fingerprint density at radius 1 is 1.16 bits per heavy atom. The van der Waals surface area contributed by atoms with Crippen LogP contribution in [0.2, 0.25) is 15.1 Å². The average molecular weight is 512 g/mol. The fraction of sp³-hybridized carbons (Fsp3) is 0.227. The van der Waals surface area contributed by atoms with Crippen LogP contribution in [0.5, 0.6) is 5.75 Å². The van der Waals surface area contributed by atoms with E-state index < -0.39 is 0 Å². The summed E-state index contributed by atoms with van der Waals surface area (Å²) in [6.07, 6.45) is 1.74. The molecular formula is C22H21Cl3N4O2S. The molecule has 10 heteroatoms. The van der Waals surface area contributed by atoms with Gasteiger partial charge >= 0.3 is 0 Å². The Morgan fingerprint density at radius 3 is 2.53 bits per heavy atom. The number of ether oxygens (including phenoxy) is 1. The van der Waals surface area contributed by atoms with Gasteiger partial charge in [0.25, 0.3) is 0 Å². The lowest BCUT2D eigenvalue weighted by Gasteiger charge is -2.13. The molecule has 0 bridgehead atoms. The van der Waals surface area contributed by atoms with E-state index in [0.717, 1.165) is 16.9 Å². The molecule has 0 radical (unpaired) electrons. The molecule has 2 aromatic carbocycles. The van der Waals surface area contributed by atoms with Crippen LogP contribution in [-0.4, -0.2) is 26.4 Å². The number of carbonyl (C=O) groups excluding carboxylic acids is 1. The molecule has 6 nitrogen and oxygen atoms in total. The highest BCUT2D eigenvalue weighted by Crippen LogP contribution is 2.32. The molecule has 0 fully saturated rings. The predicted octanol–water partition coefficient (Wildman–Crippen LogP) is 6.35. The molecule has 0 aliphatic rings. The first-order chi connectivity index (χ1) is 15.3. The van der Waals surface area contributed by atoms with Gasteiger partial charge in [-0.05, 0) is 37.1 Å². The molecule has 32 heavy (non-hydrogen) atoms. The molecule has 1 amide bonds. The number of aryl methyl sites for hydroxylation is 2. The van der Waals surface area contributed by atoms with Gasteiger partial charge in [-0.2, -0.15) is 0 Å². The standard InChI is InChI=1S/C22H21Cl3N4O2S/c1-4-8-29-19(11-31-21-13(2)6-5-7-14(21)3)27-28-22(29)32-12-20(30)26-18-10-16(24)15(23)9-17(18)25/h4-7,9-10H,1,8,11-12H2,2-3H3,(H,26,30). The van der Waals surface area contributed by atoms with Crippen LogP contribution in [0.15, 0.2) is 48.1 Å². The molecule has 1 heterocycles. The summed E-state index contributed by atoms with van der Waals surface area (Å²) in [5, 5.41) is 12.7. The number of rotatable bonds is 9. The van der Waals surface area contributed by atoms with Crippen LogP contribution in [0.4, 0.5) is 5.69 Å². The van der Waals surface area contributed by atoms with E-state index in [1.165, 1.54) is 23.9 Å². The fourth-order valence-electron chi connectivity index (χ4n) is 2.94. The molecule has 0 saturated heterocycles. The van der Waals surface area contributed by atoms with Crippen LogP contribution in [0.1, 0.15) is 17.0 Å². The van der Waals surface area contributed by atoms with Gasteiger partial charge in [-0.15, -0.1) is 16.8 Å². The van der Waals surface area contributed by atoms with Crippen molar-refractivity contribution in [2.24, 2.45) is 0 Å². The first-order valence-electron chi connectivity index (χ1n) is 9.59. The van der Waals surface area contributed by atoms with Crippen LogP contribution in [-0.2, 0) is 17.9 Å². The second kappa shape index (κ2) is 11.1. The van der Waals surface area contributed by atoms with Crippen LogP contribution >= 0.6 is 46.6 Å². The molecule has 0 spiro atoms. The van der Waals surface area contributed by atoms with E-state index in [0.29, 0.717) is 38.3 Å². The van der Waals surface area contributed by atoms with E-state index in [2.05, 4.69) is 22.1 Å².